The van der Waals surface area contributed by atoms with E-state index in [4.69, 9.17) is 15.3 Å². The maximum atomic E-state index is 9.13. The van der Waals surface area contributed by atoms with E-state index in [1.165, 1.54) is 0 Å². The number of benzene rings is 6. The third-order valence-electron chi connectivity index (χ3n) is 5.20. The Hall–Kier alpha value is -3.62. The molecule has 0 saturated carbocycles. The Morgan fingerprint density at radius 2 is 0.529 bits per heavy atom. The van der Waals surface area contributed by atoms with Gasteiger partial charge in [-0.25, -0.2) is 0 Å². The van der Waals surface area contributed by atoms with E-state index in [0.717, 1.165) is 32.3 Å². The quantitative estimate of drug-likeness (QED) is 0.153. The Kier molecular flexibility index (Phi) is 8.84. The Morgan fingerprint density at radius 1 is 0.294 bits per heavy atom. The Balaban J connectivity index is 0.000000141. The van der Waals surface area contributed by atoms with Gasteiger partial charge in [-0.2, -0.15) is 0 Å². The minimum Gasteiger partial charge on any atom is -0.508 e. The second-order valence-corrected chi connectivity index (χ2v) is 7.59. The van der Waals surface area contributed by atoms with Gasteiger partial charge in [-0.15, -0.1) is 0 Å². The normalized spacial score (nSPS) is 9.88. The second kappa shape index (κ2) is 12.0. The molecule has 3 N–H and O–H groups in total. The molecule has 0 aliphatic carbocycles. The minimum absolute atomic E-state index is 0. The summed E-state index contributed by atoms with van der Waals surface area (Å²) in [4.78, 5) is 0. The van der Waals surface area contributed by atoms with Crippen molar-refractivity contribution in [2.24, 2.45) is 0 Å². The molecule has 4 heteroatoms. The molecule has 6 aromatic rings. The van der Waals surface area contributed by atoms with Gasteiger partial charge >= 0.3 is 26.2 Å². The van der Waals surface area contributed by atoms with Crippen LogP contribution in [0.5, 0.6) is 17.2 Å². The molecule has 0 aliphatic rings. The van der Waals surface area contributed by atoms with Crippen molar-refractivity contribution in [2.45, 2.75) is 0 Å². The summed E-state index contributed by atoms with van der Waals surface area (Å²) in [6, 6.07) is 39.9. The third kappa shape index (κ3) is 6.69. The number of hydrogen-bond donors (Lipinski definition) is 3. The largest absolute Gasteiger partial charge is 3.00 e. The molecule has 3 nitrogen and oxygen atoms in total. The standard InChI is InChI=1S/3C10H8O.Bi/c3*11-10-6-5-8-3-1-2-4-9(8)7-10;/h3*1-7,11H;/q;;;+3. The van der Waals surface area contributed by atoms with Crippen molar-refractivity contribution < 1.29 is 15.3 Å². The van der Waals surface area contributed by atoms with Gasteiger partial charge in [0.25, 0.3) is 0 Å². The average Bonchev–Trinajstić information content (AvgIpc) is 2.84. The van der Waals surface area contributed by atoms with Crippen molar-refractivity contribution in [1.29, 1.82) is 0 Å². The SMILES string of the molecule is Oc1ccc2ccccc2c1.Oc1ccc2ccccc2c1.Oc1ccc2ccccc2c1.[Bi+3]. The van der Waals surface area contributed by atoms with Crippen LogP contribution >= 0.6 is 0 Å². The van der Waals surface area contributed by atoms with E-state index in [9.17, 15) is 0 Å². The van der Waals surface area contributed by atoms with E-state index in [1.807, 2.05) is 91.0 Å². The summed E-state index contributed by atoms with van der Waals surface area (Å²) in [5.74, 6) is 0.969. The molecule has 0 bridgehead atoms. The molecule has 0 unspecified atom stereocenters. The maximum Gasteiger partial charge on any atom is 3.00 e. The molecule has 0 fully saturated rings. The number of hydrogen-bond acceptors (Lipinski definition) is 3. The summed E-state index contributed by atoms with van der Waals surface area (Å²) in [5, 5.41) is 34.1. The molecule has 34 heavy (non-hydrogen) atoms. The zero-order valence-electron chi connectivity index (χ0n) is 18.4. The van der Waals surface area contributed by atoms with Crippen LogP contribution in [0.2, 0.25) is 0 Å². The number of rotatable bonds is 0. The average molecular weight is 641 g/mol. The van der Waals surface area contributed by atoms with E-state index in [2.05, 4.69) is 0 Å². The first-order chi connectivity index (χ1) is 16.1. The van der Waals surface area contributed by atoms with Gasteiger partial charge in [-0.05, 0) is 68.7 Å². The summed E-state index contributed by atoms with van der Waals surface area (Å²) < 4.78 is 0. The third-order valence-corrected chi connectivity index (χ3v) is 5.20. The molecular weight excluding hydrogens is 617 g/mol. The molecule has 0 amide bonds. The number of fused-ring (bicyclic) bond motifs is 3. The first-order valence-electron chi connectivity index (χ1n) is 10.6. The second-order valence-electron chi connectivity index (χ2n) is 7.59. The summed E-state index contributed by atoms with van der Waals surface area (Å²) in [6.07, 6.45) is 0. The van der Waals surface area contributed by atoms with Crippen molar-refractivity contribution in [3.05, 3.63) is 127 Å². The van der Waals surface area contributed by atoms with Crippen LogP contribution in [0.25, 0.3) is 32.3 Å². The summed E-state index contributed by atoms with van der Waals surface area (Å²) in [5.41, 5.74) is 0. The van der Waals surface area contributed by atoms with Crippen molar-refractivity contribution in [3.63, 3.8) is 0 Å². The Morgan fingerprint density at radius 3 is 0.794 bits per heavy atom. The first kappa shape index (κ1) is 25.0. The van der Waals surface area contributed by atoms with Crippen LogP contribution in [0.4, 0.5) is 0 Å². The smallest absolute Gasteiger partial charge is 0.508 e. The van der Waals surface area contributed by atoms with Crippen LogP contribution in [0.3, 0.4) is 0 Å². The van der Waals surface area contributed by atoms with E-state index in [1.54, 1.807) is 36.4 Å². The van der Waals surface area contributed by atoms with Crippen LogP contribution in [-0.2, 0) is 0 Å². The molecule has 6 rings (SSSR count). The van der Waals surface area contributed by atoms with E-state index >= 15 is 0 Å². The predicted octanol–water partition coefficient (Wildman–Crippen LogP) is 7.26. The van der Waals surface area contributed by atoms with Gasteiger partial charge in [-0.3, -0.25) is 0 Å². The first-order valence-corrected chi connectivity index (χ1v) is 10.6. The number of phenols is 3. The van der Waals surface area contributed by atoms with Gasteiger partial charge in [0.15, 0.2) is 0 Å². The molecule has 0 spiro atoms. The van der Waals surface area contributed by atoms with Crippen LogP contribution in [-0.4, -0.2) is 41.5 Å². The van der Waals surface area contributed by atoms with Crippen molar-refractivity contribution in [1.82, 2.24) is 0 Å². The fourth-order valence-corrected chi connectivity index (χ4v) is 3.53. The number of aromatic hydroxyl groups is 3. The zero-order valence-corrected chi connectivity index (χ0v) is 21.9. The van der Waals surface area contributed by atoms with Gasteiger partial charge in [0.2, 0.25) is 0 Å². The molecule has 0 saturated heterocycles. The van der Waals surface area contributed by atoms with Gasteiger partial charge in [-0.1, -0.05) is 91.0 Å². The van der Waals surface area contributed by atoms with E-state index < -0.39 is 0 Å². The van der Waals surface area contributed by atoms with Gasteiger partial charge in [0.1, 0.15) is 17.2 Å². The van der Waals surface area contributed by atoms with Gasteiger partial charge in [0, 0.05) is 0 Å². The monoisotopic (exact) mass is 641 g/mol. The molecule has 0 aliphatic heterocycles. The van der Waals surface area contributed by atoms with Crippen LogP contribution < -0.4 is 0 Å². The predicted molar refractivity (Wildman–Crippen MR) is 143 cm³/mol. The fraction of sp³-hybridized carbons (Fsp3) is 0. The maximum absolute atomic E-state index is 9.13. The molecule has 0 aromatic heterocycles. The molecule has 2 radical (unpaired) electrons. The van der Waals surface area contributed by atoms with Crippen LogP contribution in [0.15, 0.2) is 127 Å². The number of phenolic OH excluding ortho intramolecular Hbond substituents is 3. The molecule has 6 aromatic carbocycles. The van der Waals surface area contributed by atoms with E-state index in [-0.39, 0.29) is 26.2 Å². The molecular formula is C30H24BiO3+3. The summed E-state index contributed by atoms with van der Waals surface area (Å²) >= 11 is 0. The van der Waals surface area contributed by atoms with Gasteiger partial charge < -0.3 is 15.3 Å². The molecule has 164 valence electrons. The van der Waals surface area contributed by atoms with Crippen LogP contribution in [0.1, 0.15) is 0 Å². The zero-order chi connectivity index (χ0) is 23.0. The van der Waals surface area contributed by atoms with Gasteiger partial charge in [0.05, 0.1) is 0 Å². The van der Waals surface area contributed by atoms with Crippen molar-refractivity contribution in [3.8, 4) is 17.2 Å². The minimum atomic E-state index is 0. The van der Waals surface area contributed by atoms with Crippen molar-refractivity contribution in [2.75, 3.05) is 0 Å². The Bertz CT molecular complexity index is 1330. The van der Waals surface area contributed by atoms with Crippen molar-refractivity contribution >= 4 is 58.5 Å². The fourth-order valence-electron chi connectivity index (χ4n) is 3.53. The summed E-state index contributed by atoms with van der Waals surface area (Å²) in [7, 11) is 0. The molecule has 0 heterocycles. The Labute approximate surface area is 217 Å². The van der Waals surface area contributed by atoms with E-state index in [0.29, 0.717) is 17.2 Å². The molecule has 0 atom stereocenters. The van der Waals surface area contributed by atoms with Crippen LogP contribution in [0, 0.1) is 0 Å². The topological polar surface area (TPSA) is 60.7 Å². The summed E-state index contributed by atoms with van der Waals surface area (Å²) in [6.45, 7) is 0.